The topological polar surface area (TPSA) is 81.4 Å². The van der Waals surface area contributed by atoms with Crippen molar-refractivity contribution < 1.29 is 14.3 Å². The molecule has 3 N–H and O–H groups in total. The van der Waals surface area contributed by atoms with E-state index in [1.807, 2.05) is 20.8 Å². The van der Waals surface area contributed by atoms with Gasteiger partial charge in [-0.2, -0.15) is 0 Å². The van der Waals surface area contributed by atoms with Crippen LogP contribution in [0.5, 0.6) is 0 Å². The van der Waals surface area contributed by atoms with Crippen molar-refractivity contribution in [3.63, 3.8) is 0 Å². The van der Waals surface area contributed by atoms with E-state index in [2.05, 4.69) is 5.32 Å². The Hall–Kier alpha value is -2.04. The molecule has 5 nitrogen and oxygen atoms in total. The third-order valence-electron chi connectivity index (χ3n) is 3.51. The van der Waals surface area contributed by atoms with Crippen LogP contribution in [0.4, 0.5) is 5.69 Å². The molecule has 0 aliphatic heterocycles. The minimum Gasteiger partial charge on any atom is -0.449 e. The number of ether oxygens (including phenoxy) is 1. The summed E-state index contributed by atoms with van der Waals surface area (Å²) in [7, 11) is 0. The van der Waals surface area contributed by atoms with Gasteiger partial charge in [-0.05, 0) is 45.7 Å². The number of aryl methyl sites for hydroxylation is 1. The molecule has 0 heterocycles. The predicted molar refractivity (Wildman–Crippen MR) is 83.0 cm³/mol. The normalized spacial score (nSPS) is 12.6. The lowest BCUT2D eigenvalue weighted by molar-refractivity contribution is -0.130. The minimum atomic E-state index is -0.873. The summed E-state index contributed by atoms with van der Waals surface area (Å²) >= 11 is 0. The quantitative estimate of drug-likeness (QED) is 0.645. The second-order valence-electron chi connectivity index (χ2n) is 5.81. The van der Waals surface area contributed by atoms with Crippen LogP contribution in [0.3, 0.4) is 0 Å². The van der Waals surface area contributed by atoms with E-state index >= 15 is 0 Å². The number of benzene rings is 1. The Morgan fingerprint density at radius 1 is 1.38 bits per heavy atom. The Labute approximate surface area is 125 Å². The van der Waals surface area contributed by atoms with Gasteiger partial charge in [-0.3, -0.25) is 4.79 Å². The number of nitrogen functional groups attached to an aromatic ring is 1. The molecule has 1 aromatic carbocycles. The number of nitrogens with two attached hydrogens (primary N) is 1. The van der Waals surface area contributed by atoms with E-state index < -0.39 is 12.1 Å². The lowest BCUT2D eigenvalue weighted by Gasteiger charge is -2.26. The lowest BCUT2D eigenvalue weighted by Crippen LogP contribution is -2.47. The van der Waals surface area contributed by atoms with E-state index in [0.717, 1.165) is 12.0 Å². The van der Waals surface area contributed by atoms with Crippen LogP contribution in [-0.2, 0) is 9.53 Å². The highest BCUT2D eigenvalue weighted by molar-refractivity contribution is 5.98. The Morgan fingerprint density at radius 3 is 2.52 bits per heavy atom. The highest BCUT2D eigenvalue weighted by Gasteiger charge is 2.25. The molecule has 1 unspecified atom stereocenters. The summed E-state index contributed by atoms with van der Waals surface area (Å²) in [5.41, 5.74) is 6.85. The van der Waals surface area contributed by atoms with Crippen molar-refractivity contribution in [2.75, 3.05) is 5.73 Å². The van der Waals surface area contributed by atoms with Crippen LogP contribution in [0.15, 0.2) is 18.2 Å². The third-order valence-corrected chi connectivity index (χ3v) is 3.51. The van der Waals surface area contributed by atoms with Crippen LogP contribution >= 0.6 is 0 Å². The lowest BCUT2D eigenvalue weighted by atomic mass is 10.0. The van der Waals surface area contributed by atoms with E-state index in [1.165, 1.54) is 0 Å². The summed E-state index contributed by atoms with van der Waals surface area (Å²) in [6.45, 7) is 9.13. The average molecular weight is 292 g/mol. The van der Waals surface area contributed by atoms with Gasteiger partial charge in [0.1, 0.15) is 0 Å². The number of esters is 1. The van der Waals surface area contributed by atoms with Crippen molar-refractivity contribution in [2.45, 2.75) is 52.7 Å². The molecule has 0 aliphatic carbocycles. The number of hydrogen-bond acceptors (Lipinski definition) is 4. The molecule has 0 bridgehead atoms. The fourth-order valence-electron chi connectivity index (χ4n) is 1.77. The standard InChI is InChI=1S/C16H24N2O3/c1-6-16(4,5)18-14(19)11(3)21-15(20)13-10(2)8-7-9-12(13)17/h7-9,11H,6,17H2,1-5H3,(H,18,19). The summed E-state index contributed by atoms with van der Waals surface area (Å²) in [5.74, 6) is -0.898. The van der Waals surface area contributed by atoms with E-state index in [-0.39, 0.29) is 11.4 Å². The molecule has 0 aliphatic rings. The van der Waals surface area contributed by atoms with Gasteiger partial charge in [0.05, 0.1) is 5.56 Å². The van der Waals surface area contributed by atoms with Gasteiger partial charge in [-0.25, -0.2) is 4.79 Å². The monoisotopic (exact) mass is 292 g/mol. The van der Waals surface area contributed by atoms with Crippen LogP contribution in [0.1, 0.15) is 50.0 Å². The maximum atomic E-state index is 12.2. The number of carbonyl (C=O) groups excluding carboxylic acids is 2. The first-order valence-electron chi connectivity index (χ1n) is 7.06. The molecular weight excluding hydrogens is 268 g/mol. The number of amides is 1. The second kappa shape index (κ2) is 6.61. The number of hydrogen-bond donors (Lipinski definition) is 2. The Morgan fingerprint density at radius 2 is 2.00 bits per heavy atom. The minimum absolute atomic E-state index is 0.312. The zero-order chi connectivity index (χ0) is 16.2. The molecule has 0 saturated heterocycles. The van der Waals surface area contributed by atoms with Crippen molar-refractivity contribution >= 4 is 17.6 Å². The number of anilines is 1. The molecule has 21 heavy (non-hydrogen) atoms. The zero-order valence-corrected chi connectivity index (χ0v) is 13.3. The number of carbonyl (C=O) groups is 2. The van der Waals surface area contributed by atoms with Crippen LogP contribution in [0.25, 0.3) is 0 Å². The molecule has 0 fully saturated rings. The molecule has 0 aromatic heterocycles. The van der Waals surface area contributed by atoms with Crippen molar-refractivity contribution in [3.8, 4) is 0 Å². The first-order chi connectivity index (χ1) is 9.68. The highest BCUT2D eigenvalue weighted by Crippen LogP contribution is 2.18. The summed E-state index contributed by atoms with van der Waals surface area (Å²) in [6.07, 6.45) is -0.0909. The Bertz CT molecular complexity index is 518. The first kappa shape index (κ1) is 17.0. The van der Waals surface area contributed by atoms with E-state index in [0.29, 0.717) is 11.3 Å². The molecule has 1 amide bonds. The SMILES string of the molecule is CCC(C)(C)NC(=O)C(C)OC(=O)c1c(C)cccc1N. The maximum absolute atomic E-state index is 12.2. The second-order valence-corrected chi connectivity index (χ2v) is 5.81. The van der Waals surface area contributed by atoms with E-state index in [9.17, 15) is 9.59 Å². The van der Waals surface area contributed by atoms with Crippen LogP contribution in [0, 0.1) is 6.92 Å². The van der Waals surface area contributed by atoms with Gasteiger partial charge >= 0.3 is 5.97 Å². The Kier molecular flexibility index (Phi) is 5.35. The van der Waals surface area contributed by atoms with Gasteiger partial charge in [-0.1, -0.05) is 19.1 Å². The van der Waals surface area contributed by atoms with E-state index in [1.54, 1.807) is 32.0 Å². The highest BCUT2D eigenvalue weighted by atomic mass is 16.5. The number of nitrogens with one attached hydrogen (secondary N) is 1. The molecule has 5 heteroatoms. The largest absolute Gasteiger partial charge is 0.449 e. The van der Waals surface area contributed by atoms with Gasteiger partial charge < -0.3 is 15.8 Å². The van der Waals surface area contributed by atoms with Crippen molar-refractivity contribution in [3.05, 3.63) is 29.3 Å². The predicted octanol–water partition coefficient (Wildman–Crippen LogP) is 2.43. The van der Waals surface area contributed by atoms with Gasteiger partial charge in [-0.15, -0.1) is 0 Å². The maximum Gasteiger partial charge on any atom is 0.341 e. The third kappa shape index (κ3) is 4.48. The summed E-state index contributed by atoms with van der Waals surface area (Å²) in [5, 5.41) is 2.84. The molecule has 1 atom stereocenters. The Balaban J connectivity index is 2.77. The van der Waals surface area contributed by atoms with Gasteiger partial charge in [0.25, 0.3) is 5.91 Å². The van der Waals surface area contributed by atoms with E-state index in [4.69, 9.17) is 10.5 Å². The fraction of sp³-hybridized carbons (Fsp3) is 0.500. The van der Waals surface area contributed by atoms with Crippen molar-refractivity contribution in [1.82, 2.24) is 5.32 Å². The van der Waals surface area contributed by atoms with Crippen LogP contribution in [0.2, 0.25) is 0 Å². The molecule has 1 rings (SSSR count). The molecular formula is C16H24N2O3. The molecule has 0 radical (unpaired) electrons. The molecule has 0 spiro atoms. The smallest absolute Gasteiger partial charge is 0.341 e. The fourth-order valence-corrected chi connectivity index (χ4v) is 1.77. The summed E-state index contributed by atoms with van der Waals surface area (Å²) in [6, 6.07) is 5.17. The van der Waals surface area contributed by atoms with Gasteiger partial charge in [0.2, 0.25) is 0 Å². The average Bonchev–Trinajstić information content (AvgIpc) is 2.37. The van der Waals surface area contributed by atoms with Crippen LogP contribution in [-0.4, -0.2) is 23.5 Å². The molecule has 1 aromatic rings. The van der Waals surface area contributed by atoms with Crippen LogP contribution < -0.4 is 11.1 Å². The summed E-state index contributed by atoms with van der Waals surface area (Å²) in [4.78, 5) is 24.2. The molecule has 0 saturated carbocycles. The zero-order valence-electron chi connectivity index (χ0n) is 13.3. The first-order valence-corrected chi connectivity index (χ1v) is 7.06. The summed E-state index contributed by atoms with van der Waals surface area (Å²) < 4.78 is 5.22. The molecule has 116 valence electrons. The van der Waals surface area contributed by atoms with Crippen molar-refractivity contribution in [1.29, 1.82) is 0 Å². The van der Waals surface area contributed by atoms with Gasteiger partial charge in [0.15, 0.2) is 6.10 Å². The van der Waals surface area contributed by atoms with Gasteiger partial charge in [0, 0.05) is 11.2 Å². The van der Waals surface area contributed by atoms with Crippen molar-refractivity contribution in [2.24, 2.45) is 0 Å². The number of rotatable bonds is 5.